The van der Waals surface area contributed by atoms with Crippen LogP contribution in [0.15, 0.2) is 45.4 Å². The SMILES string of the molecule is NCc1nc(C(=O)N2CCc3oc(-c4ccccc4)nc3C2)co1. The Hall–Kier alpha value is -2.93. The number of nitrogens with two attached hydrogens (primary N) is 1. The van der Waals surface area contributed by atoms with Crippen molar-refractivity contribution >= 4 is 5.91 Å². The molecule has 1 amide bonds. The second-order valence-corrected chi connectivity index (χ2v) is 5.56. The third-order valence-electron chi connectivity index (χ3n) is 3.98. The molecule has 1 aromatic carbocycles. The largest absolute Gasteiger partial charge is 0.447 e. The summed E-state index contributed by atoms with van der Waals surface area (Å²) in [7, 11) is 0. The van der Waals surface area contributed by atoms with E-state index in [0.717, 1.165) is 17.0 Å². The maximum atomic E-state index is 12.5. The topological polar surface area (TPSA) is 98.4 Å². The van der Waals surface area contributed by atoms with Crippen LogP contribution in [0.4, 0.5) is 0 Å². The van der Waals surface area contributed by atoms with Gasteiger partial charge in [0.1, 0.15) is 17.7 Å². The minimum atomic E-state index is -0.187. The summed E-state index contributed by atoms with van der Waals surface area (Å²) in [4.78, 5) is 22.8. The molecule has 0 unspecified atom stereocenters. The van der Waals surface area contributed by atoms with Gasteiger partial charge in [-0.2, -0.15) is 0 Å². The Morgan fingerprint density at radius 1 is 1.25 bits per heavy atom. The monoisotopic (exact) mass is 324 g/mol. The molecule has 1 aliphatic heterocycles. The van der Waals surface area contributed by atoms with E-state index in [1.165, 1.54) is 6.26 Å². The Morgan fingerprint density at radius 2 is 2.08 bits per heavy atom. The number of aromatic nitrogens is 2. The Bertz CT molecular complexity index is 869. The highest BCUT2D eigenvalue weighted by Gasteiger charge is 2.27. The lowest BCUT2D eigenvalue weighted by Crippen LogP contribution is -2.36. The molecule has 4 rings (SSSR count). The van der Waals surface area contributed by atoms with Crippen molar-refractivity contribution in [3.8, 4) is 11.5 Å². The zero-order chi connectivity index (χ0) is 16.5. The Morgan fingerprint density at radius 3 is 2.83 bits per heavy atom. The number of carbonyl (C=O) groups excluding carboxylic acids is 1. The van der Waals surface area contributed by atoms with Gasteiger partial charge < -0.3 is 19.5 Å². The van der Waals surface area contributed by atoms with Gasteiger partial charge in [0.05, 0.1) is 13.1 Å². The number of nitrogens with zero attached hydrogens (tertiary/aromatic N) is 3. The van der Waals surface area contributed by atoms with Crippen LogP contribution in [0.3, 0.4) is 0 Å². The van der Waals surface area contributed by atoms with E-state index in [1.54, 1.807) is 4.90 Å². The van der Waals surface area contributed by atoms with Gasteiger partial charge in [-0.15, -0.1) is 0 Å². The molecular weight excluding hydrogens is 308 g/mol. The first kappa shape index (κ1) is 14.6. The van der Waals surface area contributed by atoms with Crippen LogP contribution < -0.4 is 5.73 Å². The first-order valence-electron chi connectivity index (χ1n) is 7.72. The lowest BCUT2D eigenvalue weighted by atomic mass is 10.1. The highest BCUT2D eigenvalue weighted by molar-refractivity contribution is 5.92. The normalized spacial score (nSPS) is 13.8. The molecule has 3 heterocycles. The van der Waals surface area contributed by atoms with Crippen molar-refractivity contribution in [1.29, 1.82) is 0 Å². The van der Waals surface area contributed by atoms with Crippen molar-refractivity contribution in [3.63, 3.8) is 0 Å². The predicted molar refractivity (Wildman–Crippen MR) is 84.8 cm³/mol. The van der Waals surface area contributed by atoms with Gasteiger partial charge in [0.15, 0.2) is 5.69 Å². The van der Waals surface area contributed by atoms with Crippen LogP contribution in [0.2, 0.25) is 0 Å². The van der Waals surface area contributed by atoms with Crippen LogP contribution in [0.25, 0.3) is 11.5 Å². The third kappa shape index (κ3) is 2.59. The van der Waals surface area contributed by atoms with Gasteiger partial charge in [-0.1, -0.05) is 18.2 Å². The van der Waals surface area contributed by atoms with E-state index in [2.05, 4.69) is 9.97 Å². The predicted octanol–water partition coefficient (Wildman–Crippen LogP) is 1.99. The summed E-state index contributed by atoms with van der Waals surface area (Å²) < 4.78 is 11.0. The van der Waals surface area contributed by atoms with Crippen LogP contribution in [-0.4, -0.2) is 27.3 Å². The molecule has 0 bridgehead atoms. The van der Waals surface area contributed by atoms with E-state index in [9.17, 15) is 4.79 Å². The van der Waals surface area contributed by atoms with Crippen LogP contribution in [-0.2, 0) is 19.5 Å². The summed E-state index contributed by atoms with van der Waals surface area (Å²) in [6.45, 7) is 1.12. The molecule has 122 valence electrons. The van der Waals surface area contributed by atoms with Crippen molar-refractivity contribution in [1.82, 2.24) is 14.9 Å². The summed E-state index contributed by atoms with van der Waals surface area (Å²) >= 11 is 0. The van der Waals surface area contributed by atoms with Crippen molar-refractivity contribution in [3.05, 3.63) is 59.6 Å². The van der Waals surface area contributed by atoms with Crippen LogP contribution in [0.1, 0.15) is 27.8 Å². The molecule has 0 saturated carbocycles. The summed E-state index contributed by atoms with van der Waals surface area (Å²) in [5, 5.41) is 0. The molecule has 0 fully saturated rings. The minimum absolute atomic E-state index is 0.168. The highest BCUT2D eigenvalue weighted by atomic mass is 16.4. The number of fused-ring (bicyclic) bond motifs is 1. The lowest BCUT2D eigenvalue weighted by molar-refractivity contribution is 0.0722. The number of rotatable bonds is 3. The number of oxazole rings is 2. The summed E-state index contributed by atoms with van der Waals surface area (Å²) in [5.74, 6) is 1.58. The van der Waals surface area contributed by atoms with E-state index in [4.69, 9.17) is 14.6 Å². The number of amides is 1. The molecule has 0 spiro atoms. The molecule has 0 atom stereocenters. The average molecular weight is 324 g/mol. The maximum absolute atomic E-state index is 12.5. The third-order valence-corrected chi connectivity index (χ3v) is 3.98. The Kier molecular flexibility index (Phi) is 3.62. The standard InChI is InChI=1S/C17H16N4O3/c18-8-15-19-13(10-23-15)17(22)21-7-6-14-12(9-21)20-16(24-14)11-4-2-1-3-5-11/h1-5,10H,6-9,18H2. The molecule has 24 heavy (non-hydrogen) atoms. The van der Waals surface area contributed by atoms with Gasteiger partial charge in [0.2, 0.25) is 11.8 Å². The molecule has 0 aliphatic carbocycles. The Balaban J connectivity index is 1.55. The van der Waals surface area contributed by atoms with Crippen molar-refractivity contribution in [2.24, 2.45) is 5.73 Å². The van der Waals surface area contributed by atoms with Crippen molar-refractivity contribution in [2.75, 3.05) is 6.54 Å². The van der Waals surface area contributed by atoms with E-state index in [-0.39, 0.29) is 18.1 Å². The second kappa shape index (κ2) is 5.93. The first-order chi connectivity index (χ1) is 11.7. The Labute approximate surface area is 138 Å². The summed E-state index contributed by atoms with van der Waals surface area (Å²) in [5.41, 5.74) is 7.44. The van der Waals surface area contributed by atoms with E-state index < -0.39 is 0 Å². The van der Waals surface area contributed by atoms with Crippen LogP contribution in [0.5, 0.6) is 0 Å². The minimum Gasteiger partial charge on any atom is -0.447 e. The quantitative estimate of drug-likeness (QED) is 0.791. The van der Waals surface area contributed by atoms with Crippen molar-refractivity contribution in [2.45, 2.75) is 19.5 Å². The lowest BCUT2D eigenvalue weighted by Gasteiger charge is -2.24. The molecule has 2 aromatic heterocycles. The van der Waals surface area contributed by atoms with Crippen LogP contribution >= 0.6 is 0 Å². The number of hydrogen-bond acceptors (Lipinski definition) is 6. The first-order valence-corrected chi connectivity index (χ1v) is 7.72. The zero-order valence-electron chi connectivity index (χ0n) is 12.9. The van der Waals surface area contributed by atoms with Crippen molar-refractivity contribution < 1.29 is 13.6 Å². The molecule has 3 aromatic rings. The van der Waals surface area contributed by atoms with Crippen LogP contribution in [0, 0.1) is 0 Å². The fourth-order valence-corrected chi connectivity index (χ4v) is 2.74. The zero-order valence-corrected chi connectivity index (χ0v) is 12.9. The fraction of sp³-hybridized carbons (Fsp3) is 0.235. The maximum Gasteiger partial charge on any atom is 0.276 e. The molecule has 7 nitrogen and oxygen atoms in total. The molecule has 1 aliphatic rings. The molecular formula is C17H16N4O3. The second-order valence-electron chi connectivity index (χ2n) is 5.56. The number of benzene rings is 1. The van der Waals surface area contributed by atoms with Gasteiger partial charge in [-0.3, -0.25) is 4.79 Å². The van der Waals surface area contributed by atoms with Gasteiger partial charge in [-0.25, -0.2) is 9.97 Å². The van der Waals surface area contributed by atoms with Gasteiger partial charge in [0, 0.05) is 18.5 Å². The summed E-state index contributed by atoms with van der Waals surface area (Å²) in [6.07, 6.45) is 1.97. The van der Waals surface area contributed by atoms with Gasteiger partial charge in [-0.05, 0) is 12.1 Å². The van der Waals surface area contributed by atoms with Gasteiger partial charge in [0.25, 0.3) is 5.91 Å². The summed E-state index contributed by atoms with van der Waals surface area (Å²) in [6, 6.07) is 9.72. The smallest absolute Gasteiger partial charge is 0.276 e. The van der Waals surface area contributed by atoms with E-state index in [0.29, 0.717) is 31.3 Å². The molecule has 7 heteroatoms. The van der Waals surface area contributed by atoms with E-state index >= 15 is 0 Å². The molecule has 2 N–H and O–H groups in total. The molecule has 0 saturated heterocycles. The fourth-order valence-electron chi connectivity index (χ4n) is 2.74. The van der Waals surface area contributed by atoms with E-state index in [1.807, 2.05) is 30.3 Å². The number of carbonyl (C=O) groups is 1. The highest BCUT2D eigenvalue weighted by Crippen LogP contribution is 2.26. The van der Waals surface area contributed by atoms with Gasteiger partial charge >= 0.3 is 0 Å². The number of hydrogen-bond donors (Lipinski definition) is 1. The molecule has 0 radical (unpaired) electrons. The average Bonchev–Trinajstić information content (AvgIpc) is 3.28.